The topological polar surface area (TPSA) is 68.3 Å². The van der Waals surface area contributed by atoms with Crippen LogP contribution >= 0.6 is 0 Å². The Kier molecular flexibility index (Phi) is 5.59. The monoisotopic (exact) mass is 393 g/mol. The summed E-state index contributed by atoms with van der Waals surface area (Å²) >= 11 is 0. The molecule has 2 aliphatic rings. The Morgan fingerprint density at radius 3 is 2.59 bits per heavy atom. The van der Waals surface area contributed by atoms with Crippen molar-refractivity contribution in [3.63, 3.8) is 0 Å². The summed E-state index contributed by atoms with van der Waals surface area (Å²) in [6.45, 7) is 5.75. The van der Waals surface area contributed by atoms with Gasteiger partial charge in [-0.1, -0.05) is 50.2 Å². The summed E-state index contributed by atoms with van der Waals surface area (Å²) in [5.41, 5.74) is 8.34. The SMILES string of the molecule is CC(C)CC[C@H]1[C@H]2C[C@H](CN(C(=O)[C@H](N)c3ccccc3)C2)c2cccc(=O)n21. The van der Waals surface area contributed by atoms with Gasteiger partial charge in [-0.3, -0.25) is 9.59 Å². The minimum absolute atomic E-state index is 0.0137. The number of hydrogen-bond donors (Lipinski definition) is 1. The molecular weight excluding hydrogens is 362 g/mol. The fourth-order valence-corrected chi connectivity index (χ4v) is 5.10. The highest BCUT2D eigenvalue weighted by molar-refractivity contribution is 5.83. The van der Waals surface area contributed by atoms with E-state index >= 15 is 0 Å². The normalized spacial score (nSPS) is 24.3. The quantitative estimate of drug-likeness (QED) is 0.846. The zero-order valence-corrected chi connectivity index (χ0v) is 17.3. The van der Waals surface area contributed by atoms with Gasteiger partial charge in [0.2, 0.25) is 5.91 Å². The van der Waals surface area contributed by atoms with Crippen LogP contribution in [-0.4, -0.2) is 28.5 Å². The maximum absolute atomic E-state index is 13.2. The van der Waals surface area contributed by atoms with Gasteiger partial charge in [0.15, 0.2) is 0 Å². The first-order chi connectivity index (χ1) is 14.0. The largest absolute Gasteiger partial charge is 0.340 e. The lowest BCUT2D eigenvalue weighted by atomic mass is 9.76. The number of hydrogen-bond acceptors (Lipinski definition) is 3. The van der Waals surface area contributed by atoms with Gasteiger partial charge in [0, 0.05) is 36.8 Å². The fraction of sp³-hybridized carbons (Fsp3) is 0.500. The van der Waals surface area contributed by atoms with Gasteiger partial charge in [0.1, 0.15) is 6.04 Å². The number of benzene rings is 1. The van der Waals surface area contributed by atoms with Crippen molar-refractivity contribution in [3.8, 4) is 0 Å². The fourth-order valence-electron chi connectivity index (χ4n) is 5.10. The molecule has 1 fully saturated rings. The zero-order chi connectivity index (χ0) is 20.5. The molecule has 1 amide bonds. The Hall–Kier alpha value is -2.40. The summed E-state index contributed by atoms with van der Waals surface area (Å²) in [4.78, 5) is 27.9. The molecule has 0 saturated carbocycles. The summed E-state index contributed by atoms with van der Waals surface area (Å²) in [7, 11) is 0. The van der Waals surface area contributed by atoms with Crippen molar-refractivity contribution in [2.24, 2.45) is 17.6 Å². The average molecular weight is 394 g/mol. The van der Waals surface area contributed by atoms with Crippen molar-refractivity contribution < 1.29 is 4.79 Å². The van der Waals surface area contributed by atoms with E-state index in [1.54, 1.807) is 6.07 Å². The van der Waals surface area contributed by atoms with Crippen LogP contribution in [0.15, 0.2) is 53.3 Å². The molecule has 1 saturated heterocycles. The molecule has 154 valence electrons. The number of rotatable bonds is 5. The van der Waals surface area contributed by atoms with Gasteiger partial charge in [-0.05, 0) is 42.7 Å². The van der Waals surface area contributed by atoms with Crippen molar-refractivity contribution in [1.29, 1.82) is 0 Å². The van der Waals surface area contributed by atoms with Crippen molar-refractivity contribution in [2.45, 2.75) is 51.1 Å². The van der Waals surface area contributed by atoms with Crippen molar-refractivity contribution in [2.75, 3.05) is 13.1 Å². The van der Waals surface area contributed by atoms with E-state index in [4.69, 9.17) is 5.73 Å². The highest BCUT2D eigenvalue weighted by Gasteiger charge is 2.42. The van der Waals surface area contributed by atoms with Crippen molar-refractivity contribution in [3.05, 3.63) is 70.1 Å². The third-order valence-electron chi connectivity index (χ3n) is 6.57. The van der Waals surface area contributed by atoms with Crippen molar-refractivity contribution >= 4 is 5.91 Å². The van der Waals surface area contributed by atoms with Crippen LogP contribution in [0, 0.1) is 11.8 Å². The Labute approximate surface area is 172 Å². The van der Waals surface area contributed by atoms with Crippen LogP contribution in [0.1, 0.15) is 62.4 Å². The molecule has 0 radical (unpaired) electrons. The van der Waals surface area contributed by atoms with Crippen LogP contribution < -0.4 is 11.3 Å². The van der Waals surface area contributed by atoms with E-state index in [1.165, 1.54) is 0 Å². The maximum Gasteiger partial charge on any atom is 0.250 e. The van der Waals surface area contributed by atoms with Crippen LogP contribution in [-0.2, 0) is 4.79 Å². The van der Waals surface area contributed by atoms with E-state index in [-0.39, 0.29) is 23.4 Å². The average Bonchev–Trinajstić information content (AvgIpc) is 2.73. The number of fused-ring (bicyclic) bond motifs is 4. The minimum atomic E-state index is -0.637. The van der Waals surface area contributed by atoms with Gasteiger partial charge in [-0.25, -0.2) is 0 Å². The summed E-state index contributed by atoms with van der Waals surface area (Å²) in [6.07, 6.45) is 3.08. The Morgan fingerprint density at radius 2 is 1.86 bits per heavy atom. The number of amides is 1. The molecule has 2 bridgehead atoms. The first-order valence-corrected chi connectivity index (χ1v) is 10.8. The van der Waals surface area contributed by atoms with Crippen LogP contribution in [0.3, 0.4) is 0 Å². The van der Waals surface area contributed by atoms with E-state index in [9.17, 15) is 9.59 Å². The lowest BCUT2D eigenvalue weighted by Gasteiger charge is -2.47. The smallest absolute Gasteiger partial charge is 0.250 e. The molecule has 29 heavy (non-hydrogen) atoms. The summed E-state index contributed by atoms with van der Waals surface area (Å²) < 4.78 is 2.03. The Morgan fingerprint density at radius 1 is 1.10 bits per heavy atom. The van der Waals surface area contributed by atoms with E-state index in [0.29, 0.717) is 24.9 Å². The van der Waals surface area contributed by atoms with E-state index in [0.717, 1.165) is 30.5 Å². The van der Waals surface area contributed by atoms with Crippen molar-refractivity contribution in [1.82, 2.24) is 9.47 Å². The molecule has 4 rings (SSSR count). The van der Waals surface area contributed by atoms with Gasteiger partial charge in [0.25, 0.3) is 5.56 Å². The Bertz CT molecular complexity index is 921. The number of piperidine rings is 1. The second kappa shape index (κ2) is 8.15. The highest BCUT2D eigenvalue weighted by atomic mass is 16.2. The molecule has 1 aromatic heterocycles. The minimum Gasteiger partial charge on any atom is -0.340 e. The number of pyridine rings is 1. The lowest BCUT2D eigenvalue weighted by molar-refractivity contribution is -0.136. The molecule has 1 aromatic carbocycles. The summed E-state index contributed by atoms with van der Waals surface area (Å²) in [5.74, 6) is 1.07. The first kappa shape index (κ1) is 19.9. The molecular formula is C24H31N3O2. The highest BCUT2D eigenvalue weighted by Crippen LogP contribution is 2.43. The molecule has 0 unspecified atom stereocenters. The molecule has 2 N–H and O–H groups in total. The molecule has 5 heteroatoms. The van der Waals surface area contributed by atoms with Crippen LogP contribution in [0.2, 0.25) is 0 Å². The van der Waals surface area contributed by atoms with Gasteiger partial charge < -0.3 is 15.2 Å². The van der Waals surface area contributed by atoms with Crippen LogP contribution in [0.25, 0.3) is 0 Å². The second-order valence-electron chi connectivity index (χ2n) is 9.02. The molecule has 5 nitrogen and oxygen atoms in total. The van der Waals surface area contributed by atoms with Crippen LogP contribution in [0.4, 0.5) is 0 Å². The number of nitrogens with two attached hydrogens (primary N) is 1. The first-order valence-electron chi connectivity index (χ1n) is 10.8. The van der Waals surface area contributed by atoms with Gasteiger partial charge in [-0.15, -0.1) is 0 Å². The number of nitrogens with zero attached hydrogens (tertiary/aromatic N) is 2. The molecule has 3 heterocycles. The molecule has 0 aliphatic carbocycles. The predicted molar refractivity (Wildman–Crippen MR) is 115 cm³/mol. The molecule has 2 aliphatic heterocycles. The van der Waals surface area contributed by atoms with Gasteiger partial charge in [-0.2, -0.15) is 0 Å². The summed E-state index contributed by atoms with van der Waals surface area (Å²) in [6, 6.07) is 14.7. The number of carbonyl (C=O) groups is 1. The lowest BCUT2D eigenvalue weighted by Crippen LogP contribution is -2.52. The molecule has 2 aromatic rings. The van der Waals surface area contributed by atoms with Gasteiger partial charge >= 0.3 is 0 Å². The Balaban J connectivity index is 1.62. The van der Waals surface area contributed by atoms with Crippen LogP contribution in [0.5, 0.6) is 0 Å². The second-order valence-corrected chi connectivity index (χ2v) is 9.02. The number of carbonyl (C=O) groups excluding carboxylic acids is 1. The van der Waals surface area contributed by atoms with Gasteiger partial charge in [0.05, 0.1) is 0 Å². The molecule has 0 spiro atoms. The maximum atomic E-state index is 13.2. The number of aromatic nitrogens is 1. The van der Waals surface area contributed by atoms with E-state index < -0.39 is 6.04 Å². The van der Waals surface area contributed by atoms with E-state index in [2.05, 4.69) is 19.9 Å². The van der Waals surface area contributed by atoms with E-state index in [1.807, 2.05) is 45.9 Å². The predicted octanol–water partition coefficient (Wildman–Crippen LogP) is 3.47. The zero-order valence-electron chi connectivity index (χ0n) is 17.3. The third-order valence-corrected chi connectivity index (χ3v) is 6.57. The molecule has 4 atom stereocenters. The third kappa shape index (κ3) is 3.88. The number of likely N-dealkylation sites (tertiary alicyclic amines) is 1. The standard InChI is InChI=1S/C24H31N3O2/c1-16(2)11-12-21-19-13-18(20-9-6-10-22(28)27(20)21)14-26(15-19)24(29)23(25)17-7-4-3-5-8-17/h3-10,16,18-19,21,23H,11-15,25H2,1-2H3/t18-,19+,21+,23-/m1/s1. The summed E-state index contributed by atoms with van der Waals surface area (Å²) in [5, 5.41) is 0.